The second kappa shape index (κ2) is 6.64. The molecule has 1 aliphatic rings. The van der Waals surface area contributed by atoms with E-state index in [4.69, 9.17) is 4.74 Å². The smallest absolute Gasteiger partial charge is 0.295 e. The van der Waals surface area contributed by atoms with Gasteiger partial charge in [0.05, 0.1) is 23.7 Å². The molecular weight excluding hydrogens is 352 g/mol. The van der Waals surface area contributed by atoms with Crippen LogP contribution in [0.4, 0.5) is 5.13 Å². The van der Waals surface area contributed by atoms with Crippen molar-refractivity contribution < 1.29 is 14.3 Å². The Balaban J connectivity index is 1.51. The van der Waals surface area contributed by atoms with Crippen molar-refractivity contribution in [2.24, 2.45) is 10.2 Å². The topological polar surface area (TPSA) is 93.0 Å². The maximum absolute atomic E-state index is 12.4. The molecule has 4 rings (SSSR count). The molecule has 2 amide bonds. The van der Waals surface area contributed by atoms with Crippen molar-refractivity contribution in [3.05, 3.63) is 53.6 Å². The zero-order valence-corrected chi connectivity index (χ0v) is 14.6. The normalized spacial score (nSPS) is 15.7. The lowest BCUT2D eigenvalue weighted by Crippen LogP contribution is -2.18. The molecule has 0 saturated heterocycles. The van der Waals surface area contributed by atoms with E-state index in [-0.39, 0.29) is 18.2 Å². The number of thiazole rings is 1. The van der Waals surface area contributed by atoms with E-state index in [0.29, 0.717) is 10.7 Å². The highest BCUT2D eigenvalue weighted by molar-refractivity contribution is 7.22. The Morgan fingerprint density at radius 2 is 2.12 bits per heavy atom. The minimum Gasteiger partial charge on any atom is -0.497 e. The predicted octanol–water partition coefficient (Wildman–Crippen LogP) is 3.98. The maximum Gasteiger partial charge on any atom is 0.295 e. The first kappa shape index (κ1) is 16.3. The van der Waals surface area contributed by atoms with Gasteiger partial charge in [-0.15, -0.1) is 5.11 Å². The summed E-state index contributed by atoms with van der Waals surface area (Å²) >= 11 is 1.37. The van der Waals surface area contributed by atoms with Crippen molar-refractivity contribution in [2.75, 3.05) is 12.4 Å². The van der Waals surface area contributed by atoms with Gasteiger partial charge in [-0.3, -0.25) is 9.59 Å². The van der Waals surface area contributed by atoms with Gasteiger partial charge in [-0.1, -0.05) is 29.5 Å². The zero-order chi connectivity index (χ0) is 18.1. The number of hydrogen-bond acceptors (Lipinski definition) is 6. The number of anilines is 1. The molecule has 1 aliphatic heterocycles. The SMILES string of the molecule is COc1ccc2nc(NC(=O)CC3N=NC(=O)c4ccccc43)sc2c1. The number of hydrogen-bond donors (Lipinski definition) is 1. The number of azo groups is 1. The molecule has 2 heterocycles. The number of aromatic nitrogens is 1. The van der Waals surface area contributed by atoms with Gasteiger partial charge >= 0.3 is 0 Å². The van der Waals surface area contributed by atoms with Crippen LogP contribution in [0.25, 0.3) is 10.2 Å². The van der Waals surface area contributed by atoms with E-state index in [2.05, 4.69) is 20.5 Å². The summed E-state index contributed by atoms with van der Waals surface area (Å²) in [6.45, 7) is 0. The van der Waals surface area contributed by atoms with Crippen LogP contribution in [0.1, 0.15) is 28.4 Å². The molecule has 2 aromatic carbocycles. The van der Waals surface area contributed by atoms with Crippen LogP contribution in [0.5, 0.6) is 5.75 Å². The number of nitrogens with one attached hydrogen (secondary N) is 1. The molecule has 0 spiro atoms. The predicted molar refractivity (Wildman–Crippen MR) is 97.8 cm³/mol. The van der Waals surface area contributed by atoms with Crippen molar-refractivity contribution in [3.63, 3.8) is 0 Å². The van der Waals surface area contributed by atoms with Gasteiger partial charge in [0.1, 0.15) is 11.8 Å². The summed E-state index contributed by atoms with van der Waals surface area (Å²) in [5, 5.41) is 10.9. The third-order valence-electron chi connectivity index (χ3n) is 4.06. The highest BCUT2D eigenvalue weighted by atomic mass is 32.1. The van der Waals surface area contributed by atoms with Crippen LogP contribution in [0.3, 0.4) is 0 Å². The number of methoxy groups -OCH3 is 1. The molecule has 7 nitrogen and oxygen atoms in total. The van der Waals surface area contributed by atoms with Gasteiger partial charge in [0.2, 0.25) is 5.91 Å². The number of benzene rings is 2. The van der Waals surface area contributed by atoms with E-state index in [9.17, 15) is 9.59 Å². The largest absolute Gasteiger partial charge is 0.497 e. The van der Waals surface area contributed by atoms with Crippen LogP contribution < -0.4 is 10.1 Å². The van der Waals surface area contributed by atoms with Gasteiger partial charge in [0.25, 0.3) is 5.91 Å². The van der Waals surface area contributed by atoms with E-state index < -0.39 is 6.04 Å². The lowest BCUT2D eigenvalue weighted by molar-refractivity contribution is -0.116. The first-order valence-electron chi connectivity index (χ1n) is 7.92. The van der Waals surface area contributed by atoms with Gasteiger partial charge in [-0.05, 0) is 29.8 Å². The second-order valence-corrected chi connectivity index (χ2v) is 6.76. The molecule has 1 unspecified atom stereocenters. The third-order valence-corrected chi connectivity index (χ3v) is 4.99. The Morgan fingerprint density at radius 1 is 1.27 bits per heavy atom. The molecule has 0 radical (unpaired) electrons. The lowest BCUT2D eigenvalue weighted by atomic mass is 9.97. The summed E-state index contributed by atoms with van der Waals surface area (Å²) in [6.07, 6.45) is 0.0903. The molecule has 8 heteroatoms. The average Bonchev–Trinajstić information content (AvgIpc) is 3.05. The fourth-order valence-corrected chi connectivity index (χ4v) is 3.71. The van der Waals surface area contributed by atoms with Crippen LogP contribution in [0, 0.1) is 0 Å². The van der Waals surface area contributed by atoms with Crippen LogP contribution >= 0.6 is 11.3 Å². The molecule has 1 aromatic heterocycles. The average molecular weight is 366 g/mol. The fraction of sp³-hybridized carbons (Fsp3) is 0.167. The summed E-state index contributed by atoms with van der Waals surface area (Å²) < 4.78 is 6.12. The quantitative estimate of drug-likeness (QED) is 0.756. The van der Waals surface area contributed by atoms with Crippen molar-refractivity contribution in [1.82, 2.24) is 4.98 Å². The summed E-state index contributed by atoms with van der Waals surface area (Å²) in [5.74, 6) is 0.129. The van der Waals surface area contributed by atoms with Crippen molar-refractivity contribution in [3.8, 4) is 5.75 Å². The molecule has 0 fully saturated rings. The van der Waals surface area contributed by atoms with Crippen LogP contribution in [0.15, 0.2) is 52.7 Å². The fourth-order valence-electron chi connectivity index (χ4n) is 2.80. The van der Waals surface area contributed by atoms with E-state index >= 15 is 0 Å². The Labute approximate surface area is 152 Å². The van der Waals surface area contributed by atoms with Crippen molar-refractivity contribution in [2.45, 2.75) is 12.5 Å². The van der Waals surface area contributed by atoms with E-state index in [1.54, 1.807) is 25.3 Å². The molecule has 1 atom stereocenters. The number of fused-ring (bicyclic) bond motifs is 2. The third kappa shape index (κ3) is 3.06. The van der Waals surface area contributed by atoms with Crippen LogP contribution in [0.2, 0.25) is 0 Å². The molecular formula is C18H14N4O3S. The highest BCUT2D eigenvalue weighted by Gasteiger charge is 2.25. The van der Waals surface area contributed by atoms with E-state index in [0.717, 1.165) is 21.5 Å². The van der Waals surface area contributed by atoms with Crippen molar-refractivity contribution >= 4 is 38.5 Å². The van der Waals surface area contributed by atoms with Gasteiger partial charge < -0.3 is 10.1 Å². The molecule has 26 heavy (non-hydrogen) atoms. The minimum absolute atomic E-state index is 0.0903. The zero-order valence-electron chi connectivity index (χ0n) is 13.8. The van der Waals surface area contributed by atoms with Crippen molar-refractivity contribution in [1.29, 1.82) is 0 Å². The molecule has 130 valence electrons. The van der Waals surface area contributed by atoms with E-state index in [1.807, 2.05) is 24.3 Å². The Hall–Kier alpha value is -3.13. The number of nitrogens with zero attached hydrogens (tertiary/aromatic N) is 3. The summed E-state index contributed by atoms with van der Waals surface area (Å²) in [5.41, 5.74) is 2.00. The highest BCUT2D eigenvalue weighted by Crippen LogP contribution is 2.32. The number of carbonyl (C=O) groups is 2. The van der Waals surface area contributed by atoms with Crippen LogP contribution in [-0.2, 0) is 4.79 Å². The molecule has 3 aromatic rings. The lowest BCUT2D eigenvalue weighted by Gasteiger charge is -2.17. The minimum atomic E-state index is -0.474. The maximum atomic E-state index is 12.4. The standard InChI is InChI=1S/C18H14N4O3S/c1-25-10-6-7-13-15(8-10)26-18(19-13)20-16(23)9-14-11-4-2-3-5-12(11)17(24)22-21-14/h2-8,14H,9H2,1H3,(H,19,20,23). The molecule has 0 saturated carbocycles. The number of rotatable bonds is 4. The number of carbonyl (C=O) groups excluding carboxylic acids is 2. The summed E-state index contributed by atoms with van der Waals surface area (Å²) in [6, 6.07) is 12.2. The van der Waals surface area contributed by atoms with E-state index in [1.165, 1.54) is 11.3 Å². The molecule has 0 aliphatic carbocycles. The second-order valence-electron chi connectivity index (χ2n) is 5.73. The Kier molecular flexibility index (Phi) is 4.18. The van der Waals surface area contributed by atoms with Gasteiger partial charge in [0, 0.05) is 5.56 Å². The first-order chi connectivity index (χ1) is 12.6. The summed E-state index contributed by atoms with van der Waals surface area (Å²) in [4.78, 5) is 28.6. The van der Waals surface area contributed by atoms with Gasteiger partial charge in [0.15, 0.2) is 5.13 Å². The molecule has 1 N–H and O–H groups in total. The van der Waals surface area contributed by atoms with Gasteiger partial charge in [-0.2, -0.15) is 5.11 Å². The Bertz CT molecular complexity index is 1040. The monoisotopic (exact) mass is 366 g/mol. The number of ether oxygens (including phenoxy) is 1. The molecule has 0 bridgehead atoms. The summed E-state index contributed by atoms with van der Waals surface area (Å²) in [7, 11) is 1.60. The van der Waals surface area contributed by atoms with Gasteiger partial charge in [-0.25, -0.2) is 4.98 Å². The number of amides is 2. The van der Waals surface area contributed by atoms with Crippen LogP contribution in [-0.4, -0.2) is 23.9 Å². The first-order valence-corrected chi connectivity index (χ1v) is 8.74. The Morgan fingerprint density at radius 3 is 2.96 bits per heavy atom.